The van der Waals surface area contributed by atoms with Crippen LogP contribution in [0.15, 0.2) is 56.5 Å². The molecule has 1 amide bonds. The number of ether oxygens (including phenoxy) is 3. The number of thioether (sulfide) groups is 2. The molecule has 0 saturated carbocycles. The molecule has 10 nitrogen and oxygen atoms in total. The van der Waals surface area contributed by atoms with Crippen LogP contribution in [0.2, 0.25) is 0 Å². The predicted octanol–water partition coefficient (Wildman–Crippen LogP) is 5.12. The number of esters is 2. The van der Waals surface area contributed by atoms with E-state index in [1.165, 1.54) is 50.5 Å². The van der Waals surface area contributed by atoms with E-state index in [0.29, 0.717) is 31.7 Å². The van der Waals surface area contributed by atoms with E-state index in [2.05, 4.69) is 0 Å². The largest absolute Gasteiger partial charge is 0.497 e. The molecular formula is C26H22N2O8S3. The van der Waals surface area contributed by atoms with Crippen LogP contribution in [0.4, 0.5) is 11.4 Å². The van der Waals surface area contributed by atoms with Crippen LogP contribution in [0.3, 0.4) is 0 Å². The summed E-state index contributed by atoms with van der Waals surface area (Å²) >= 11 is 8.06. The van der Waals surface area contributed by atoms with Gasteiger partial charge in [-0.2, -0.15) is 0 Å². The van der Waals surface area contributed by atoms with Crippen molar-refractivity contribution in [3.63, 3.8) is 0 Å². The number of hydrogen-bond acceptors (Lipinski definition) is 11. The van der Waals surface area contributed by atoms with Gasteiger partial charge < -0.3 is 14.2 Å². The van der Waals surface area contributed by atoms with Gasteiger partial charge in [-0.05, 0) is 38.1 Å². The van der Waals surface area contributed by atoms with Gasteiger partial charge in [0.1, 0.15) is 15.6 Å². The Balaban J connectivity index is 1.90. The molecule has 202 valence electrons. The molecule has 39 heavy (non-hydrogen) atoms. The van der Waals surface area contributed by atoms with Crippen LogP contribution in [0.1, 0.15) is 29.8 Å². The van der Waals surface area contributed by atoms with Crippen LogP contribution in [-0.4, -0.2) is 54.5 Å². The monoisotopic (exact) mass is 586 g/mol. The van der Waals surface area contributed by atoms with Crippen molar-refractivity contribution < 1.29 is 33.5 Å². The van der Waals surface area contributed by atoms with Crippen LogP contribution >= 0.6 is 35.7 Å². The second kappa shape index (κ2) is 10.8. The van der Waals surface area contributed by atoms with Crippen LogP contribution in [-0.2, 0) is 19.1 Å². The number of benzene rings is 2. The van der Waals surface area contributed by atoms with Crippen molar-refractivity contribution in [1.82, 2.24) is 0 Å². The maximum absolute atomic E-state index is 13.9. The van der Waals surface area contributed by atoms with Crippen LogP contribution in [0, 0.1) is 10.1 Å². The van der Waals surface area contributed by atoms with Gasteiger partial charge in [-0.15, -0.1) is 0 Å². The number of carbonyl (C=O) groups is 3. The summed E-state index contributed by atoms with van der Waals surface area (Å²) < 4.78 is 15.7. The van der Waals surface area contributed by atoms with Crippen molar-refractivity contribution in [2.45, 2.75) is 19.4 Å². The van der Waals surface area contributed by atoms with Gasteiger partial charge in [-0.25, -0.2) is 9.59 Å². The highest BCUT2D eigenvalue weighted by atomic mass is 32.2. The van der Waals surface area contributed by atoms with Gasteiger partial charge in [-0.3, -0.25) is 19.8 Å². The minimum atomic E-state index is -1.07. The summed E-state index contributed by atoms with van der Waals surface area (Å²) in [5.41, 5.74) is 0.659. The van der Waals surface area contributed by atoms with E-state index in [-0.39, 0.29) is 21.1 Å². The number of nitrogens with zero attached hydrogens (tertiary/aromatic N) is 2. The number of thiocarbonyl (C=S) groups is 1. The van der Waals surface area contributed by atoms with Gasteiger partial charge >= 0.3 is 11.9 Å². The lowest BCUT2D eigenvalue weighted by molar-refractivity contribution is -0.384. The number of methoxy groups -OCH3 is 3. The second-order valence-corrected chi connectivity index (χ2v) is 11.4. The SMILES string of the molecule is COC(=O)C1=C(C(=O)OC)SC(=C2C(=S)C(C)(C)N(C(=O)c3ccc([N+](=O)[O-])cc3)c3cc(OC)ccc32)S1. The van der Waals surface area contributed by atoms with Gasteiger partial charge in [-0.1, -0.05) is 35.7 Å². The molecule has 2 aliphatic heterocycles. The lowest BCUT2D eigenvalue weighted by atomic mass is 9.82. The molecule has 0 radical (unpaired) electrons. The third-order valence-corrected chi connectivity index (χ3v) is 9.39. The number of nitro benzene ring substituents is 1. The predicted molar refractivity (Wildman–Crippen MR) is 153 cm³/mol. The van der Waals surface area contributed by atoms with Gasteiger partial charge in [0.25, 0.3) is 11.6 Å². The van der Waals surface area contributed by atoms with Gasteiger partial charge in [0, 0.05) is 34.9 Å². The summed E-state index contributed by atoms with van der Waals surface area (Å²) in [6.45, 7) is 3.56. The molecule has 4 rings (SSSR count). The lowest BCUT2D eigenvalue weighted by Gasteiger charge is -2.45. The third-order valence-electron chi connectivity index (χ3n) is 6.13. The Kier molecular flexibility index (Phi) is 7.87. The standard InChI is InChI=1S/C26H22N2O8S3/c1-26(2)21(37)18(25-38-19(23(30)35-4)20(39-25)24(31)36-5)16-11-10-15(34-3)12-17(16)27(26)22(29)13-6-8-14(9-7-13)28(32)33/h6-12H,1-5H3. The molecule has 0 fully saturated rings. The first-order valence-electron chi connectivity index (χ1n) is 11.3. The molecule has 0 aliphatic carbocycles. The van der Waals surface area contributed by atoms with Gasteiger partial charge in [0.15, 0.2) is 0 Å². The molecule has 0 aromatic heterocycles. The third kappa shape index (κ3) is 4.92. The van der Waals surface area contributed by atoms with Crippen LogP contribution in [0.5, 0.6) is 5.75 Å². The average Bonchev–Trinajstić information content (AvgIpc) is 3.37. The van der Waals surface area contributed by atoms with Crippen molar-refractivity contribution in [3.05, 3.63) is 77.8 Å². The van der Waals surface area contributed by atoms with E-state index in [1.54, 1.807) is 32.0 Å². The molecule has 0 unspecified atom stereocenters. The number of rotatable bonds is 5. The van der Waals surface area contributed by atoms with Crippen molar-refractivity contribution >= 4 is 75.4 Å². The van der Waals surface area contributed by atoms with Crippen molar-refractivity contribution in [1.29, 1.82) is 0 Å². The molecule has 0 saturated heterocycles. The number of anilines is 1. The summed E-state index contributed by atoms with van der Waals surface area (Å²) in [6, 6.07) is 10.5. The highest BCUT2D eigenvalue weighted by Crippen LogP contribution is 2.56. The number of non-ortho nitro benzene ring substituents is 1. The highest BCUT2D eigenvalue weighted by Gasteiger charge is 2.46. The van der Waals surface area contributed by atoms with Crippen molar-refractivity contribution in [2.75, 3.05) is 26.2 Å². The van der Waals surface area contributed by atoms with Gasteiger partial charge in [0.05, 0.1) is 46.6 Å². The fraction of sp³-hybridized carbons (Fsp3) is 0.231. The number of hydrogen-bond donors (Lipinski definition) is 0. The highest BCUT2D eigenvalue weighted by molar-refractivity contribution is 8.29. The maximum atomic E-state index is 13.9. The molecule has 0 N–H and O–H groups in total. The van der Waals surface area contributed by atoms with E-state index in [4.69, 9.17) is 26.4 Å². The van der Waals surface area contributed by atoms with Crippen LogP contribution in [0.25, 0.3) is 5.57 Å². The quantitative estimate of drug-likeness (QED) is 0.152. The Morgan fingerprint density at radius 1 is 0.949 bits per heavy atom. The topological polar surface area (TPSA) is 125 Å². The first kappa shape index (κ1) is 28.3. The molecule has 2 aromatic rings. The Morgan fingerprint density at radius 2 is 1.51 bits per heavy atom. The summed E-state index contributed by atoms with van der Waals surface area (Å²) in [6.07, 6.45) is 0. The number of amides is 1. The second-order valence-electron chi connectivity index (χ2n) is 8.72. The van der Waals surface area contributed by atoms with Crippen molar-refractivity contribution in [3.8, 4) is 5.75 Å². The number of fused-ring (bicyclic) bond motifs is 1. The van der Waals surface area contributed by atoms with E-state index in [0.717, 1.165) is 23.5 Å². The minimum Gasteiger partial charge on any atom is -0.497 e. The van der Waals surface area contributed by atoms with Gasteiger partial charge in [0.2, 0.25) is 0 Å². The molecule has 0 atom stereocenters. The fourth-order valence-corrected chi connectivity index (χ4v) is 7.18. The maximum Gasteiger partial charge on any atom is 0.346 e. The lowest BCUT2D eigenvalue weighted by Crippen LogP contribution is -2.56. The summed E-state index contributed by atoms with van der Waals surface area (Å²) in [5.74, 6) is -1.31. The van der Waals surface area contributed by atoms with Crippen LogP contribution < -0.4 is 9.64 Å². The van der Waals surface area contributed by atoms with Crippen molar-refractivity contribution in [2.24, 2.45) is 0 Å². The zero-order valence-corrected chi connectivity index (χ0v) is 23.9. The first-order valence-corrected chi connectivity index (χ1v) is 13.3. The molecule has 0 bridgehead atoms. The Bertz CT molecular complexity index is 1470. The molecule has 0 spiro atoms. The van der Waals surface area contributed by atoms with E-state index in [1.807, 2.05) is 0 Å². The minimum absolute atomic E-state index is 0.0805. The molecule has 2 aliphatic rings. The zero-order chi connectivity index (χ0) is 28.6. The van der Waals surface area contributed by atoms with E-state index in [9.17, 15) is 24.5 Å². The molecule has 2 heterocycles. The number of nitro groups is 1. The fourth-order valence-electron chi connectivity index (χ4n) is 4.14. The molecular weight excluding hydrogens is 564 g/mol. The normalized spacial score (nSPS) is 16.1. The number of carbonyl (C=O) groups excluding carboxylic acids is 3. The summed E-state index contributed by atoms with van der Waals surface area (Å²) in [5, 5.41) is 11.1. The van der Waals surface area contributed by atoms with E-state index >= 15 is 0 Å². The molecule has 13 heteroatoms. The van der Waals surface area contributed by atoms with E-state index < -0.39 is 28.3 Å². The first-order chi connectivity index (χ1) is 18.5. The Morgan fingerprint density at radius 3 is 2.00 bits per heavy atom. The zero-order valence-electron chi connectivity index (χ0n) is 21.4. The molecule has 2 aromatic carbocycles. The Hall–Kier alpha value is -3.68. The summed E-state index contributed by atoms with van der Waals surface area (Å²) in [4.78, 5) is 51.5. The Labute approximate surface area is 237 Å². The average molecular weight is 587 g/mol. The smallest absolute Gasteiger partial charge is 0.346 e. The summed E-state index contributed by atoms with van der Waals surface area (Å²) in [7, 11) is 3.94.